The van der Waals surface area contributed by atoms with Crippen LogP contribution in [0.1, 0.15) is 73.9 Å². The maximum absolute atomic E-state index is 14.5. The molecule has 2 atom stereocenters. The number of carbonyl (C=O) groups excluding carboxylic acids is 3. The van der Waals surface area contributed by atoms with Gasteiger partial charge >= 0.3 is 5.51 Å². The van der Waals surface area contributed by atoms with Crippen LogP contribution in [0.3, 0.4) is 0 Å². The average molecular weight is 1190 g/mol. The summed E-state index contributed by atoms with van der Waals surface area (Å²) >= 11 is 7.64. The van der Waals surface area contributed by atoms with Crippen LogP contribution in [-0.2, 0) is 36.0 Å². The number of sulfonamides is 1. The minimum atomic E-state index is -6.12. The van der Waals surface area contributed by atoms with Crippen LogP contribution in [0, 0.1) is 5.41 Å². The van der Waals surface area contributed by atoms with Gasteiger partial charge in [0.25, 0.3) is 25.8 Å². The van der Waals surface area contributed by atoms with E-state index in [0.717, 1.165) is 80.3 Å². The van der Waals surface area contributed by atoms with Crippen molar-refractivity contribution in [1.29, 1.82) is 0 Å². The Hall–Kier alpha value is -6.01. The van der Waals surface area contributed by atoms with Gasteiger partial charge in [0, 0.05) is 118 Å². The van der Waals surface area contributed by atoms with Gasteiger partial charge in [0.15, 0.2) is 0 Å². The highest BCUT2D eigenvalue weighted by Gasteiger charge is 2.48. The minimum Gasteiger partial charge on any atom is -0.380 e. The zero-order valence-corrected chi connectivity index (χ0v) is 48.4. The summed E-state index contributed by atoms with van der Waals surface area (Å²) in [6.07, 6.45) is 5.89. The number of nitrogens with zero attached hydrogens (tertiary/aromatic N) is 5. The number of anilines is 3. The lowest BCUT2D eigenvalue weighted by Crippen LogP contribution is -2.47. The van der Waals surface area contributed by atoms with Crippen molar-refractivity contribution in [3.8, 4) is 0 Å². The SMILES string of the molecule is CC1(C)CCC(c2ccc(Cl)cc2)=C(CN2CCN(c3ccc(C(=O)NS(=O)(=O)c4ccc(N[C@H](CCN5CCN(Cc6ccc(NC7CCC(=O)NC7=O)nc6)CC5)CSc5ccccc5)c(S(=O)(=O)C(F)(F)F)c4)cc3)CC2)C1. The average Bonchev–Trinajstić information content (AvgIpc) is 3.60. The van der Waals surface area contributed by atoms with E-state index in [9.17, 15) is 44.4 Å². The standard InChI is InChI=1S/C58H67ClF3N9O7S3/c1-57(2)24-22-49(41-9-13-44(59)14-10-41)43(35-57)38-70-30-32-71(33-31-70)46-15-11-42(12-16-46)55(73)67-81(77,78)48-17-18-50(52(34-48)80(75,76)58(60,61)62)64-45(39-79-47-6-4-3-5-7-47)23-25-68-26-28-69(29-27-68)37-40-8-20-53(63-36-40)65-51-19-21-54(72)66-56(51)74/h3-18,20,34,36,45,51,64H,19,21-33,35,37-39H2,1-2H3,(H,63,65)(H,67,73)(H,66,72,74)/t45-,51?/m1/s1. The maximum Gasteiger partial charge on any atom is 0.501 e. The third-order valence-electron chi connectivity index (χ3n) is 15.3. The van der Waals surface area contributed by atoms with E-state index >= 15 is 0 Å². The fourth-order valence-electron chi connectivity index (χ4n) is 10.7. The Labute approximate surface area is 481 Å². The summed E-state index contributed by atoms with van der Waals surface area (Å²) in [4.78, 5) is 49.6. The molecule has 1 unspecified atom stereocenters. The van der Waals surface area contributed by atoms with Crippen LogP contribution in [-0.4, -0.2) is 143 Å². The first-order valence-electron chi connectivity index (χ1n) is 27.1. The van der Waals surface area contributed by atoms with Crippen molar-refractivity contribution in [3.05, 3.63) is 143 Å². The van der Waals surface area contributed by atoms with Crippen molar-refractivity contribution >= 4 is 83.7 Å². The van der Waals surface area contributed by atoms with E-state index in [4.69, 9.17) is 11.6 Å². The molecule has 432 valence electrons. The van der Waals surface area contributed by atoms with Crippen LogP contribution in [0.5, 0.6) is 0 Å². The van der Waals surface area contributed by atoms with Gasteiger partial charge in [-0.25, -0.2) is 26.5 Å². The molecule has 0 bridgehead atoms. The molecule has 0 radical (unpaired) electrons. The number of nitrogens with one attached hydrogen (secondary N) is 4. The number of aromatic nitrogens is 1. The number of hydrogen-bond acceptors (Lipinski definition) is 15. The Kier molecular flexibility index (Phi) is 18.9. The van der Waals surface area contributed by atoms with Crippen LogP contribution < -0.4 is 25.6 Å². The number of piperazine rings is 2. The molecule has 5 aromatic rings. The highest BCUT2D eigenvalue weighted by Crippen LogP contribution is 2.43. The van der Waals surface area contributed by atoms with E-state index in [2.05, 4.69) is 66.5 Å². The van der Waals surface area contributed by atoms with Crippen molar-refractivity contribution in [2.75, 3.05) is 86.7 Å². The molecule has 4 heterocycles. The second-order valence-corrected chi connectivity index (χ2v) is 27.0. The highest BCUT2D eigenvalue weighted by molar-refractivity contribution is 7.99. The van der Waals surface area contributed by atoms with Gasteiger partial charge in [-0.15, -0.1) is 11.8 Å². The lowest BCUT2D eigenvalue weighted by molar-refractivity contribution is -0.133. The zero-order chi connectivity index (χ0) is 57.5. The molecule has 16 nitrogen and oxygen atoms in total. The van der Waals surface area contributed by atoms with E-state index in [1.807, 2.05) is 53.3 Å². The Morgan fingerprint density at radius 2 is 1.51 bits per heavy atom. The Balaban J connectivity index is 0.819. The molecule has 3 fully saturated rings. The first-order chi connectivity index (χ1) is 38.6. The number of sulfone groups is 1. The fourth-order valence-corrected chi connectivity index (χ4v) is 13.9. The number of pyridine rings is 1. The second-order valence-electron chi connectivity index (χ2n) is 21.9. The molecule has 4 aromatic carbocycles. The van der Waals surface area contributed by atoms with E-state index in [-0.39, 0.29) is 29.2 Å². The largest absolute Gasteiger partial charge is 0.501 e. The predicted molar refractivity (Wildman–Crippen MR) is 310 cm³/mol. The van der Waals surface area contributed by atoms with Gasteiger partial charge in [0.1, 0.15) is 16.8 Å². The predicted octanol–water partition coefficient (Wildman–Crippen LogP) is 8.93. The minimum absolute atomic E-state index is 0.0192. The number of thioether (sulfide) groups is 1. The molecule has 3 saturated heterocycles. The number of amides is 3. The van der Waals surface area contributed by atoms with Crippen molar-refractivity contribution < 1.29 is 44.4 Å². The molecule has 4 aliphatic rings. The molecule has 23 heteroatoms. The molecule has 9 rings (SSSR count). The van der Waals surface area contributed by atoms with Crippen LogP contribution in [0.15, 0.2) is 136 Å². The maximum atomic E-state index is 14.5. The molecule has 0 spiro atoms. The van der Waals surface area contributed by atoms with E-state index in [0.29, 0.717) is 74.8 Å². The molecule has 81 heavy (non-hydrogen) atoms. The monoisotopic (exact) mass is 1190 g/mol. The summed E-state index contributed by atoms with van der Waals surface area (Å²) in [6, 6.07) is 28.8. The fraction of sp³-hybridized carbons (Fsp3) is 0.414. The third-order valence-corrected chi connectivity index (χ3v) is 19.6. The number of halogens is 4. The Bertz CT molecular complexity index is 3310. The van der Waals surface area contributed by atoms with Crippen molar-refractivity contribution in [2.24, 2.45) is 5.41 Å². The zero-order valence-electron chi connectivity index (χ0n) is 45.2. The number of rotatable bonds is 20. The molecule has 0 saturated carbocycles. The number of imide groups is 1. The summed E-state index contributed by atoms with van der Waals surface area (Å²) in [5.74, 6) is -0.868. The van der Waals surface area contributed by atoms with Crippen molar-refractivity contribution in [3.63, 3.8) is 0 Å². The summed E-state index contributed by atoms with van der Waals surface area (Å²) in [6.45, 7) is 12.5. The van der Waals surface area contributed by atoms with Crippen LogP contribution in [0.2, 0.25) is 5.02 Å². The van der Waals surface area contributed by atoms with E-state index in [1.165, 1.54) is 40.6 Å². The van der Waals surface area contributed by atoms with Crippen LogP contribution in [0.25, 0.3) is 5.57 Å². The van der Waals surface area contributed by atoms with Gasteiger partial charge in [-0.2, -0.15) is 13.2 Å². The number of piperidine rings is 1. The lowest BCUT2D eigenvalue weighted by Gasteiger charge is -2.39. The van der Waals surface area contributed by atoms with Gasteiger partial charge < -0.3 is 20.4 Å². The molecule has 4 N–H and O–H groups in total. The smallest absolute Gasteiger partial charge is 0.380 e. The number of hydrogen-bond donors (Lipinski definition) is 4. The molecular formula is C58H67ClF3N9O7S3. The van der Waals surface area contributed by atoms with Gasteiger partial charge in [-0.3, -0.25) is 29.5 Å². The second kappa shape index (κ2) is 25.6. The molecule has 1 aromatic heterocycles. The number of allylic oxidation sites excluding steroid dienone is 1. The number of benzene rings is 4. The van der Waals surface area contributed by atoms with Crippen LogP contribution >= 0.6 is 23.4 Å². The topological polar surface area (TPSA) is 193 Å². The first kappa shape index (κ1) is 59.6. The first-order valence-corrected chi connectivity index (χ1v) is 31.4. The van der Waals surface area contributed by atoms with Crippen LogP contribution in [0.4, 0.5) is 30.4 Å². The normalized spacial score (nSPS) is 19.2. The Morgan fingerprint density at radius 3 is 2.17 bits per heavy atom. The number of carbonyl (C=O) groups is 3. The van der Waals surface area contributed by atoms with E-state index < -0.39 is 58.8 Å². The highest BCUT2D eigenvalue weighted by atomic mass is 35.5. The lowest BCUT2D eigenvalue weighted by atomic mass is 9.73. The molecular weight excluding hydrogens is 1120 g/mol. The summed E-state index contributed by atoms with van der Waals surface area (Å²) < 4.78 is 99.5. The van der Waals surface area contributed by atoms with Crippen molar-refractivity contribution in [1.82, 2.24) is 29.7 Å². The van der Waals surface area contributed by atoms with Gasteiger partial charge in [-0.05, 0) is 127 Å². The molecule has 3 amide bonds. The van der Waals surface area contributed by atoms with Crippen molar-refractivity contribution in [2.45, 2.75) is 91.2 Å². The van der Waals surface area contributed by atoms with Gasteiger partial charge in [0.2, 0.25) is 11.8 Å². The quantitative estimate of drug-likeness (QED) is 0.0426. The summed E-state index contributed by atoms with van der Waals surface area (Å²) in [5, 5.41) is 9.15. The molecule has 3 aliphatic heterocycles. The summed E-state index contributed by atoms with van der Waals surface area (Å²) in [5.41, 5.74) is -0.196. The third kappa shape index (κ3) is 15.6. The van der Waals surface area contributed by atoms with Gasteiger partial charge in [-0.1, -0.05) is 67.4 Å². The molecule has 1 aliphatic carbocycles. The summed E-state index contributed by atoms with van der Waals surface area (Å²) in [7, 11) is -11.0. The Morgan fingerprint density at radius 1 is 0.827 bits per heavy atom. The van der Waals surface area contributed by atoms with Gasteiger partial charge in [0.05, 0.1) is 10.6 Å². The number of alkyl halides is 3. The van der Waals surface area contributed by atoms with E-state index in [1.54, 1.807) is 24.4 Å².